The average Bonchev–Trinajstić information content (AvgIpc) is 3.32. The van der Waals surface area contributed by atoms with E-state index in [9.17, 15) is 19.7 Å². The molecule has 0 bridgehead atoms. The maximum atomic E-state index is 14.3. The summed E-state index contributed by atoms with van der Waals surface area (Å²) in [6, 6.07) is 8.00. The summed E-state index contributed by atoms with van der Waals surface area (Å²) < 4.78 is 37.4. The number of benzene rings is 2. The van der Waals surface area contributed by atoms with Gasteiger partial charge in [0.1, 0.15) is 41.7 Å². The fourth-order valence-corrected chi connectivity index (χ4v) is 5.12. The van der Waals surface area contributed by atoms with E-state index in [1.54, 1.807) is 7.11 Å². The van der Waals surface area contributed by atoms with Crippen LogP contribution in [0.4, 0.5) is 4.39 Å². The van der Waals surface area contributed by atoms with E-state index in [1.807, 2.05) is 18.2 Å². The minimum Gasteiger partial charge on any atom is -0.496 e. The van der Waals surface area contributed by atoms with Crippen LogP contribution < -0.4 is 14.2 Å². The summed E-state index contributed by atoms with van der Waals surface area (Å²) in [5.41, 5.74) is 4.53. The van der Waals surface area contributed by atoms with E-state index in [4.69, 9.17) is 18.9 Å². The van der Waals surface area contributed by atoms with Gasteiger partial charge in [-0.3, -0.25) is 0 Å². The molecular weight excluding hydrogens is 431 g/mol. The van der Waals surface area contributed by atoms with Crippen LogP contribution in [0.15, 0.2) is 24.3 Å². The van der Waals surface area contributed by atoms with Gasteiger partial charge in [0.05, 0.1) is 26.9 Å². The molecule has 2 aromatic carbocycles. The first-order valence-electron chi connectivity index (χ1n) is 11.4. The third kappa shape index (κ3) is 3.95. The predicted octanol–water partition coefficient (Wildman–Crippen LogP) is 2.04. The third-order valence-electron chi connectivity index (χ3n) is 6.75. The summed E-state index contributed by atoms with van der Waals surface area (Å²) in [5.74, 6) is 2.16. The molecule has 0 spiro atoms. The highest BCUT2D eigenvalue weighted by atomic mass is 19.1. The van der Waals surface area contributed by atoms with Crippen LogP contribution in [0.2, 0.25) is 0 Å². The Labute approximate surface area is 191 Å². The van der Waals surface area contributed by atoms with Crippen LogP contribution in [0.25, 0.3) is 0 Å². The Kier molecular flexibility index (Phi) is 6.18. The number of hydrogen-bond acceptors (Lipinski definition) is 7. The molecule has 3 N–H and O–H groups in total. The highest BCUT2D eigenvalue weighted by Gasteiger charge is 2.46. The summed E-state index contributed by atoms with van der Waals surface area (Å²) in [6.45, 7) is 0.571. The van der Waals surface area contributed by atoms with E-state index in [2.05, 4.69) is 6.07 Å². The van der Waals surface area contributed by atoms with Crippen LogP contribution in [0.3, 0.4) is 0 Å². The zero-order valence-electron chi connectivity index (χ0n) is 18.5. The van der Waals surface area contributed by atoms with E-state index < -0.39 is 37.2 Å². The molecule has 33 heavy (non-hydrogen) atoms. The summed E-state index contributed by atoms with van der Waals surface area (Å²) in [7, 11) is 1.61. The molecule has 7 nitrogen and oxygen atoms in total. The Morgan fingerprint density at radius 3 is 2.73 bits per heavy atom. The number of alkyl halides is 1. The lowest BCUT2D eigenvalue weighted by Gasteiger charge is -2.39. The van der Waals surface area contributed by atoms with E-state index in [0.717, 1.165) is 41.9 Å². The molecule has 3 aliphatic heterocycles. The lowest BCUT2D eigenvalue weighted by Crippen LogP contribution is -2.53. The molecule has 1 saturated heterocycles. The topological polar surface area (TPSA) is 97.6 Å². The molecule has 3 aliphatic rings. The van der Waals surface area contributed by atoms with Gasteiger partial charge in [0.2, 0.25) is 0 Å². The maximum Gasteiger partial charge on any atom is 0.157 e. The number of methoxy groups -OCH3 is 1. The molecular formula is C25H29FO7. The van der Waals surface area contributed by atoms with Gasteiger partial charge in [-0.25, -0.2) is 4.39 Å². The summed E-state index contributed by atoms with van der Waals surface area (Å²) in [5, 5.41) is 30.4. The van der Waals surface area contributed by atoms with Gasteiger partial charge < -0.3 is 34.3 Å². The van der Waals surface area contributed by atoms with Gasteiger partial charge in [-0.1, -0.05) is 12.1 Å². The van der Waals surface area contributed by atoms with E-state index in [-0.39, 0.29) is 0 Å². The van der Waals surface area contributed by atoms with Crippen molar-refractivity contribution in [2.45, 2.75) is 56.3 Å². The van der Waals surface area contributed by atoms with Crippen molar-refractivity contribution in [3.05, 3.63) is 52.1 Å². The van der Waals surface area contributed by atoms with Crippen LogP contribution in [0, 0.1) is 0 Å². The second-order valence-electron chi connectivity index (χ2n) is 8.84. The fraction of sp³-hybridized carbons (Fsp3) is 0.520. The smallest absolute Gasteiger partial charge is 0.157 e. The van der Waals surface area contributed by atoms with Gasteiger partial charge >= 0.3 is 0 Å². The largest absolute Gasteiger partial charge is 0.496 e. The standard InChI is InChI=1S/C25H29FO7/c1-30-23-15(10-13-4-5-18-14(9-13)3-2-7-31-18)11-17(24-16(23)6-8-32-24)25-22(29)21(28)20(26)19(12-27)33-25/h4-5,9,11,19-22,25,27-29H,2-3,6-8,10,12H2,1H3/t19-,20-,21+,22-,25+/m1/s1. The Bertz CT molecular complexity index is 1020. The number of rotatable bonds is 5. The molecule has 5 rings (SSSR count). The Hall–Kier alpha value is -2.39. The zero-order valence-corrected chi connectivity index (χ0v) is 18.5. The van der Waals surface area contributed by atoms with Crippen molar-refractivity contribution < 1.29 is 38.7 Å². The van der Waals surface area contributed by atoms with E-state index >= 15 is 0 Å². The van der Waals surface area contributed by atoms with Gasteiger partial charge in [0.25, 0.3) is 0 Å². The van der Waals surface area contributed by atoms with E-state index in [0.29, 0.717) is 36.5 Å². The Balaban J connectivity index is 1.55. The molecule has 0 aromatic heterocycles. The molecule has 5 atom stereocenters. The fourth-order valence-electron chi connectivity index (χ4n) is 5.12. The average molecular weight is 460 g/mol. The molecule has 3 heterocycles. The molecule has 178 valence electrons. The molecule has 0 radical (unpaired) electrons. The van der Waals surface area contributed by atoms with Crippen molar-refractivity contribution in [3.63, 3.8) is 0 Å². The molecule has 0 saturated carbocycles. The summed E-state index contributed by atoms with van der Waals surface area (Å²) in [4.78, 5) is 0. The molecule has 0 unspecified atom stereocenters. The van der Waals surface area contributed by atoms with Crippen LogP contribution in [-0.4, -0.2) is 66.7 Å². The van der Waals surface area contributed by atoms with Gasteiger partial charge in [0.15, 0.2) is 6.17 Å². The van der Waals surface area contributed by atoms with Crippen molar-refractivity contribution >= 4 is 0 Å². The van der Waals surface area contributed by atoms with Crippen LogP contribution in [-0.2, 0) is 24.0 Å². The molecule has 2 aromatic rings. The Morgan fingerprint density at radius 1 is 1.09 bits per heavy atom. The minimum absolute atomic E-state index is 0.443. The highest BCUT2D eigenvalue weighted by molar-refractivity contribution is 5.58. The van der Waals surface area contributed by atoms with Gasteiger partial charge in [0, 0.05) is 24.0 Å². The lowest BCUT2D eigenvalue weighted by atomic mass is 9.88. The maximum absolute atomic E-state index is 14.3. The zero-order chi connectivity index (χ0) is 23.1. The van der Waals surface area contributed by atoms with Gasteiger partial charge in [-0.2, -0.15) is 0 Å². The third-order valence-corrected chi connectivity index (χ3v) is 6.75. The number of halogens is 1. The number of aliphatic hydroxyl groups excluding tert-OH is 3. The first-order chi connectivity index (χ1) is 16.0. The van der Waals surface area contributed by atoms with Gasteiger partial charge in [-0.05, 0) is 41.7 Å². The number of aryl methyl sites for hydroxylation is 1. The first-order valence-corrected chi connectivity index (χ1v) is 11.4. The van der Waals surface area contributed by atoms with Crippen LogP contribution in [0.1, 0.15) is 40.3 Å². The van der Waals surface area contributed by atoms with Gasteiger partial charge in [-0.15, -0.1) is 0 Å². The van der Waals surface area contributed by atoms with Crippen molar-refractivity contribution in [3.8, 4) is 17.2 Å². The van der Waals surface area contributed by atoms with Crippen molar-refractivity contribution in [2.24, 2.45) is 0 Å². The molecule has 0 aliphatic carbocycles. The van der Waals surface area contributed by atoms with Crippen molar-refractivity contribution in [1.82, 2.24) is 0 Å². The van der Waals surface area contributed by atoms with E-state index in [1.165, 1.54) is 5.56 Å². The highest BCUT2D eigenvalue weighted by Crippen LogP contribution is 2.46. The second kappa shape index (κ2) is 9.10. The monoisotopic (exact) mass is 460 g/mol. The number of fused-ring (bicyclic) bond motifs is 2. The number of hydrogen-bond donors (Lipinski definition) is 3. The lowest BCUT2D eigenvalue weighted by molar-refractivity contribution is -0.214. The van der Waals surface area contributed by atoms with Crippen LogP contribution >= 0.6 is 0 Å². The number of aliphatic hydroxyl groups is 3. The minimum atomic E-state index is -1.88. The Morgan fingerprint density at radius 2 is 1.94 bits per heavy atom. The summed E-state index contributed by atoms with van der Waals surface area (Å²) >= 11 is 0. The molecule has 1 fully saturated rings. The number of ether oxygens (including phenoxy) is 4. The first kappa shape index (κ1) is 22.4. The molecule has 8 heteroatoms. The molecule has 0 amide bonds. The summed E-state index contributed by atoms with van der Waals surface area (Å²) in [6.07, 6.45) is -4.20. The van der Waals surface area contributed by atoms with Crippen LogP contribution in [0.5, 0.6) is 17.2 Å². The van der Waals surface area contributed by atoms with Crippen molar-refractivity contribution in [2.75, 3.05) is 26.9 Å². The predicted molar refractivity (Wildman–Crippen MR) is 117 cm³/mol. The SMILES string of the molecule is COc1c(Cc2ccc3c(c2)CCCO3)cc([C@@H]2O[C@H](CO)[C@@H](F)[C@H](O)[C@H]2O)c2c1CCO2. The normalized spacial score (nSPS) is 28.5. The quantitative estimate of drug-likeness (QED) is 0.628. The second-order valence-corrected chi connectivity index (χ2v) is 8.84. The van der Waals surface area contributed by atoms with Crippen molar-refractivity contribution in [1.29, 1.82) is 0 Å².